The second-order valence-corrected chi connectivity index (χ2v) is 8.24. The first-order chi connectivity index (χ1) is 14.5. The Morgan fingerprint density at radius 1 is 1.00 bits per heavy atom. The maximum Gasteiger partial charge on any atom is 0.248 e. The molecule has 30 heavy (non-hydrogen) atoms. The van der Waals surface area contributed by atoms with Gasteiger partial charge >= 0.3 is 0 Å². The molecular weight excluding hydrogens is 376 g/mol. The van der Waals surface area contributed by atoms with E-state index in [1.54, 1.807) is 12.1 Å². The fourth-order valence-corrected chi connectivity index (χ4v) is 5.28. The van der Waals surface area contributed by atoms with Gasteiger partial charge in [0.1, 0.15) is 0 Å². The standard InChI is InChI=1S/C25H20N2O3/c1-13-9-21(28)26-20-12-16(7-8-17(13)20)27-24(29)22-15-10-18(14-5-3-2-4-6-14)19(11-15)23(22)25(27)30/h2-10,12,15,19,29-30H,11H2,1H3,(H,26,28)/t15-,19-/m1/s1. The third kappa shape index (κ3) is 2.20. The van der Waals surface area contributed by atoms with E-state index in [1.165, 1.54) is 10.1 Å². The Hall–Kier alpha value is -3.73. The van der Waals surface area contributed by atoms with Crippen molar-refractivity contribution in [3.8, 4) is 17.4 Å². The summed E-state index contributed by atoms with van der Waals surface area (Å²) < 4.78 is 1.49. The molecule has 0 fully saturated rings. The summed E-state index contributed by atoms with van der Waals surface area (Å²) in [6.07, 6.45) is 3.09. The first kappa shape index (κ1) is 17.2. The molecule has 2 bridgehead atoms. The average Bonchev–Trinajstić information content (AvgIpc) is 3.39. The van der Waals surface area contributed by atoms with Gasteiger partial charge in [-0.1, -0.05) is 42.5 Å². The number of rotatable bonds is 2. The van der Waals surface area contributed by atoms with Crippen LogP contribution in [0.1, 0.15) is 40.5 Å². The number of hydrogen-bond donors (Lipinski definition) is 3. The predicted octanol–water partition coefficient (Wildman–Crippen LogP) is 4.71. The molecule has 0 saturated heterocycles. The number of benzene rings is 2. The molecule has 2 aromatic heterocycles. The Morgan fingerprint density at radius 2 is 1.77 bits per heavy atom. The van der Waals surface area contributed by atoms with Gasteiger partial charge in [0.2, 0.25) is 17.3 Å². The van der Waals surface area contributed by atoms with Crippen LogP contribution in [0.15, 0.2) is 65.5 Å². The van der Waals surface area contributed by atoms with Crippen molar-refractivity contribution >= 4 is 16.5 Å². The summed E-state index contributed by atoms with van der Waals surface area (Å²) in [5, 5.41) is 23.1. The quantitative estimate of drug-likeness (QED) is 0.459. The highest BCUT2D eigenvalue weighted by Gasteiger charge is 2.45. The number of aromatic hydroxyl groups is 2. The van der Waals surface area contributed by atoms with Crippen molar-refractivity contribution in [2.45, 2.75) is 25.2 Å². The van der Waals surface area contributed by atoms with E-state index in [-0.39, 0.29) is 29.2 Å². The van der Waals surface area contributed by atoms with E-state index in [0.717, 1.165) is 34.1 Å². The van der Waals surface area contributed by atoms with Gasteiger partial charge in [-0.3, -0.25) is 9.36 Å². The van der Waals surface area contributed by atoms with Crippen molar-refractivity contribution < 1.29 is 10.2 Å². The molecule has 0 amide bonds. The SMILES string of the molecule is Cc1cc(=O)[nH]c2cc(-n3c(O)c4c(c3O)[C@@H]3C[C@H]4C=C3c3ccccc3)ccc12. The topological polar surface area (TPSA) is 78.2 Å². The van der Waals surface area contributed by atoms with Gasteiger partial charge in [-0.05, 0) is 42.2 Å². The molecule has 148 valence electrons. The highest BCUT2D eigenvalue weighted by molar-refractivity contribution is 5.85. The van der Waals surface area contributed by atoms with Crippen LogP contribution < -0.4 is 5.56 Å². The van der Waals surface area contributed by atoms with Gasteiger partial charge in [-0.25, -0.2) is 0 Å². The summed E-state index contributed by atoms with van der Waals surface area (Å²) in [5.74, 6) is 0.315. The fraction of sp³-hybridized carbons (Fsp3) is 0.160. The Kier molecular flexibility index (Phi) is 3.37. The molecule has 0 spiro atoms. The largest absolute Gasteiger partial charge is 0.494 e. The smallest absolute Gasteiger partial charge is 0.248 e. The minimum atomic E-state index is -0.171. The van der Waals surface area contributed by atoms with Crippen LogP contribution in [0.2, 0.25) is 0 Å². The second kappa shape index (κ2) is 5.89. The Morgan fingerprint density at radius 3 is 2.57 bits per heavy atom. The molecule has 2 aliphatic rings. The van der Waals surface area contributed by atoms with E-state index in [4.69, 9.17) is 0 Å². The molecule has 0 unspecified atom stereocenters. The lowest BCUT2D eigenvalue weighted by Gasteiger charge is -2.15. The fourth-order valence-electron chi connectivity index (χ4n) is 5.28. The number of nitrogens with zero attached hydrogens (tertiary/aromatic N) is 1. The number of aromatic nitrogens is 2. The van der Waals surface area contributed by atoms with Crippen molar-refractivity contribution in [3.05, 3.63) is 93.3 Å². The number of fused-ring (bicyclic) bond motifs is 6. The van der Waals surface area contributed by atoms with Crippen molar-refractivity contribution in [2.24, 2.45) is 0 Å². The lowest BCUT2D eigenvalue weighted by Crippen LogP contribution is -2.05. The first-order valence-electron chi connectivity index (χ1n) is 10.1. The van der Waals surface area contributed by atoms with E-state index >= 15 is 0 Å². The zero-order valence-corrected chi connectivity index (χ0v) is 16.4. The zero-order chi connectivity index (χ0) is 20.6. The molecule has 5 nitrogen and oxygen atoms in total. The molecule has 0 radical (unpaired) electrons. The zero-order valence-electron chi connectivity index (χ0n) is 16.4. The maximum absolute atomic E-state index is 11.9. The summed E-state index contributed by atoms with van der Waals surface area (Å²) in [6, 6.07) is 17.3. The third-order valence-corrected chi connectivity index (χ3v) is 6.56. The molecule has 2 aromatic carbocycles. The van der Waals surface area contributed by atoms with Crippen LogP contribution in [0.4, 0.5) is 0 Å². The van der Waals surface area contributed by atoms with Gasteiger partial charge in [0.05, 0.1) is 11.2 Å². The molecule has 5 heteroatoms. The summed E-state index contributed by atoms with van der Waals surface area (Å²) in [4.78, 5) is 14.7. The summed E-state index contributed by atoms with van der Waals surface area (Å²) in [7, 11) is 0. The number of allylic oxidation sites excluding steroid dienone is 2. The van der Waals surface area contributed by atoms with Crippen LogP contribution in [-0.4, -0.2) is 19.8 Å². The van der Waals surface area contributed by atoms with Gasteiger partial charge in [-0.2, -0.15) is 0 Å². The van der Waals surface area contributed by atoms with E-state index < -0.39 is 0 Å². The molecule has 4 aromatic rings. The van der Waals surface area contributed by atoms with Gasteiger partial charge in [0, 0.05) is 34.4 Å². The van der Waals surface area contributed by atoms with Crippen molar-refractivity contribution in [3.63, 3.8) is 0 Å². The normalized spacial score (nSPS) is 19.3. The summed E-state index contributed by atoms with van der Waals surface area (Å²) in [5.41, 5.74) is 6.01. The lowest BCUT2D eigenvalue weighted by molar-refractivity contribution is 0.395. The first-order valence-corrected chi connectivity index (χ1v) is 10.1. The second-order valence-electron chi connectivity index (χ2n) is 8.24. The van der Waals surface area contributed by atoms with Crippen LogP contribution in [-0.2, 0) is 0 Å². The van der Waals surface area contributed by atoms with Gasteiger partial charge < -0.3 is 15.2 Å². The summed E-state index contributed by atoms with van der Waals surface area (Å²) >= 11 is 0. The van der Waals surface area contributed by atoms with Crippen LogP contribution >= 0.6 is 0 Å². The molecule has 0 saturated carbocycles. The molecular formula is C25H20N2O3. The van der Waals surface area contributed by atoms with E-state index in [0.29, 0.717) is 11.2 Å². The minimum absolute atomic E-state index is 0.0713. The van der Waals surface area contributed by atoms with Crippen LogP contribution in [0.3, 0.4) is 0 Å². The third-order valence-electron chi connectivity index (χ3n) is 6.56. The Balaban J connectivity index is 1.51. The predicted molar refractivity (Wildman–Crippen MR) is 116 cm³/mol. The van der Waals surface area contributed by atoms with Crippen LogP contribution in [0.5, 0.6) is 11.8 Å². The highest BCUT2D eigenvalue weighted by atomic mass is 16.3. The monoisotopic (exact) mass is 396 g/mol. The van der Waals surface area contributed by atoms with Crippen LogP contribution in [0.25, 0.3) is 22.2 Å². The molecule has 3 N–H and O–H groups in total. The van der Waals surface area contributed by atoms with Gasteiger partial charge in [-0.15, -0.1) is 0 Å². The maximum atomic E-state index is 11.9. The molecule has 2 aliphatic carbocycles. The van der Waals surface area contributed by atoms with Gasteiger partial charge in [0.25, 0.3) is 0 Å². The number of aromatic amines is 1. The van der Waals surface area contributed by atoms with Crippen molar-refractivity contribution in [2.75, 3.05) is 0 Å². The van der Waals surface area contributed by atoms with E-state index in [2.05, 4.69) is 23.2 Å². The van der Waals surface area contributed by atoms with Crippen molar-refractivity contribution in [1.29, 1.82) is 0 Å². The minimum Gasteiger partial charge on any atom is -0.494 e. The number of H-pyrrole nitrogens is 1. The van der Waals surface area contributed by atoms with Crippen molar-refractivity contribution in [1.82, 2.24) is 9.55 Å². The number of hydrogen-bond acceptors (Lipinski definition) is 3. The van der Waals surface area contributed by atoms with Crippen LogP contribution in [0, 0.1) is 6.92 Å². The summed E-state index contributed by atoms with van der Waals surface area (Å²) in [6.45, 7) is 1.89. The molecule has 2 heterocycles. The molecule has 6 rings (SSSR count). The number of nitrogens with one attached hydrogen (secondary N) is 1. The molecule has 0 aliphatic heterocycles. The number of aryl methyl sites for hydroxylation is 1. The Labute approximate surface area is 172 Å². The average molecular weight is 396 g/mol. The molecule has 2 atom stereocenters. The van der Waals surface area contributed by atoms with E-state index in [9.17, 15) is 15.0 Å². The lowest BCUT2D eigenvalue weighted by atomic mass is 9.89. The van der Waals surface area contributed by atoms with E-state index in [1.807, 2.05) is 37.3 Å². The Bertz CT molecular complexity index is 1430. The van der Waals surface area contributed by atoms with Gasteiger partial charge in [0.15, 0.2) is 0 Å². The highest BCUT2D eigenvalue weighted by Crippen LogP contribution is 2.61. The number of pyridine rings is 1.